The van der Waals surface area contributed by atoms with Gasteiger partial charge in [0.1, 0.15) is 0 Å². The van der Waals surface area contributed by atoms with E-state index in [0.29, 0.717) is 18.4 Å². The van der Waals surface area contributed by atoms with Gasteiger partial charge in [0.2, 0.25) is 5.88 Å². The molecule has 1 spiro atoms. The lowest BCUT2D eigenvalue weighted by Gasteiger charge is -2.53. The molecule has 4 rings (SSSR count). The van der Waals surface area contributed by atoms with Gasteiger partial charge in [0.05, 0.1) is 29.8 Å². The summed E-state index contributed by atoms with van der Waals surface area (Å²) >= 11 is 0. The van der Waals surface area contributed by atoms with E-state index >= 15 is 0 Å². The highest BCUT2D eigenvalue weighted by Gasteiger charge is 2.47. The topological polar surface area (TPSA) is 135 Å². The Kier molecular flexibility index (Phi) is 11.8. The molecule has 2 fully saturated rings. The van der Waals surface area contributed by atoms with Crippen LogP contribution in [0.25, 0.3) is 0 Å². The quantitative estimate of drug-likeness (QED) is 0.467. The molecule has 0 bridgehead atoms. The molecule has 10 nitrogen and oxygen atoms in total. The van der Waals surface area contributed by atoms with E-state index in [9.17, 15) is 26.3 Å². The first-order chi connectivity index (χ1) is 19.0. The van der Waals surface area contributed by atoms with Crippen LogP contribution in [0.5, 0.6) is 5.88 Å². The third-order valence-electron chi connectivity index (χ3n) is 5.94. The SMILES string of the molecule is Cc1cccc(CN2CC3(CC(CCOc4cncc(C)n4)CCO3)C2)n1.O=C(O)C(F)(F)F.O=C(O)C(F)(F)F. The van der Waals surface area contributed by atoms with E-state index in [-0.39, 0.29) is 5.60 Å². The molecule has 2 aliphatic heterocycles. The summed E-state index contributed by atoms with van der Waals surface area (Å²) < 4.78 is 75.4. The highest BCUT2D eigenvalue weighted by atomic mass is 19.4. The molecule has 16 heteroatoms. The molecule has 2 saturated heterocycles. The molecule has 228 valence electrons. The Hall–Kier alpha value is -3.53. The third kappa shape index (κ3) is 11.9. The summed E-state index contributed by atoms with van der Waals surface area (Å²) in [6.45, 7) is 8.43. The van der Waals surface area contributed by atoms with Crippen molar-refractivity contribution in [2.24, 2.45) is 5.92 Å². The Bertz CT molecular complexity index is 1130. The number of hydrogen-bond acceptors (Lipinski definition) is 8. The lowest BCUT2D eigenvalue weighted by Crippen LogP contribution is -2.64. The monoisotopic (exact) mass is 596 g/mol. The van der Waals surface area contributed by atoms with Crippen molar-refractivity contribution >= 4 is 11.9 Å². The van der Waals surface area contributed by atoms with Crippen LogP contribution in [-0.2, 0) is 20.9 Å². The number of halogens is 6. The number of aliphatic carboxylic acids is 2. The van der Waals surface area contributed by atoms with E-state index in [4.69, 9.17) is 29.3 Å². The Balaban J connectivity index is 0.000000349. The van der Waals surface area contributed by atoms with Gasteiger partial charge in [0, 0.05) is 38.1 Å². The molecule has 1 atom stereocenters. The molecule has 2 aliphatic rings. The summed E-state index contributed by atoms with van der Waals surface area (Å²) in [6, 6.07) is 6.23. The third-order valence-corrected chi connectivity index (χ3v) is 5.94. The van der Waals surface area contributed by atoms with Crippen LogP contribution < -0.4 is 4.74 Å². The van der Waals surface area contributed by atoms with E-state index in [1.165, 1.54) is 0 Å². The zero-order chi connectivity index (χ0) is 30.8. The number of nitrogens with zero attached hydrogens (tertiary/aromatic N) is 4. The van der Waals surface area contributed by atoms with Gasteiger partial charge in [0.15, 0.2) is 0 Å². The number of rotatable bonds is 6. The minimum atomic E-state index is -5.08. The maximum Gasteiger partial charge on any atom is 0.490 e. The van der Waals surface area contributed by atoms with Crippen molar-refractivity contribution in [1.82, 2.24) is 19.9 Å². The fourth-order valence-electron chi connectivity index (χ4n) is 4.23. The zero-order valence-corrected chi connectivity index (χ0v) is 22.2. The molecule has 2 aromatic rings. The average Bonchev–Trinajstić information content (AvgIpc) is 2.83. The second kappa shape index (κ2) is 14.4. The summed E-state index contributed by atoms with van der Waals surface area (Å²) in [5.41, 5.74) is 3.14. The number of likely N-dealkylation sites (tertiary alicyclic amines) is 1. The molecule has 0 amide bonds. The number of pyridine rings is 1. The number of alkyl halides is 6. The van der Waals surface area contributed by atoms with Gasteiger partial charge in [-0.05, 0) is 51.2 Å². The number of aromatic nitrogens is 3. The predicted molar refractivity (Wildman–Crippen MR) is 130 cm³/mol. The van der Waals surface area contributed by atoms with Crippen LogP contribution in [0.3, 0.4) is 0 Å². The van der Waals surface area contributed by atoms with Crippen molar-refractivity contribution in [3.8, 4) is 5.88 Å². The fraction of sp³-hybridized carbons (Fsp3) is 0.560. The van der Waals surface area contributed by atoms with Crippen molar-refractivity contribution in [3.63, 3.8) is 0 Å². The van der Waals surface area contributed by atoms with E-state index in [2.05, 4.69) is 32.0 Å². The van der Waals surface area contributed by atoms with Crippen LogP contribution in [0, 0.1) is 19.8 Å². The van der Waals surface area contributed by atoms with Gasteiger partial charge in [-0.25, -0.2) is 14.6 Å². The van der Waals surface area contributed by atoms with Crippen LogP contribution >= 0.6 is 0 Å². The van der Waals surface area contributed by atoms with Gasteiger partial charge in [-0.15, -0.1) is 0 Å². The minimum absolute atomic E-state index is 0.0376. The molecular formula is C25H30F6N4O6. The smallest absolute Gasteiger partial charge is 0.477 e. The summed E-state index contributed by atoms with van der Waals surface area (Å²) in [5, 5.41) is 14.2. The van der Waals surface area contributed by atoms with Crippen molar-refractivity contribution in [1.29, 1.82) is 0 Å². The van der Waals surface area contributed by atoms with Gasteiger partial charge >= 0.3 is 24.3 Å². The molecular weight excluding hydrogens is 566 g/mol. The van der Waals surface area contributed by atoms with Crippen molar-refractivity contribution in [2.45, 2.75) is 57.6 Å². The Morgan fingerprint density at radius 2 is 1.63 bits per heavy atom. The maximum atomic E-state index is 10.6. The first kappa shape index (κ1) is 33.7. The number of carboxylic acids is 2. The summed E-state index contributed by atoms with van der Waals surface area (Å²) in [6.07, 6.45) is -3.47. The predicted octanol–water partition coefficient (Wildman–Crippen LogP) is 4.21. The summed E-state index contributed by atoms with van der Waals surface area (Å²) in [7, 11) is 0. The van der Waals surface area contributed by atoms with Gasteiger partial charge in [-0.1, -0.05) is 6.07 Å². The molecule has 41 heavy (non-hydrogen) atoms. The van der Waals surface area contributed by atoms with E-state index < -0.39 is 24.3 Å². The fourth-order valence-corrected chi connectivity index (χ4v) is 4.23. The number of aryl methyl sites for hydroxylation is 2. The number of ether oxygens (including phenoxy) is 2. The molecule has 0 radical (unpaired) electrons. The highest BCUT2D eigenvalue weighted by molar-refractivity contribution is 5.73. The van der Waals surface area contributed by atoms with Gasteiger partial charge < -0.3 is 19.7 Å². The van der Waals surface area contributed by atoms with Crippen LogP contribution in [0.1, 0.15) is 36.3 Å². The van der Waals surface area contributed by atoms with E-state index in [1.807, 2.05) is 19.9 Å². The van der Waals surface area contributed by atoms with Crippen LogP contribution in [0.15, 0.2) is 30.6 Å². The van der Waals surface area contributed by atoms with Gasteiger partial charge in [-0.2, -0.15) is 26.3 Å². The van der Waals surface area contributed by atoms with E-state index in [1.54, 1.807) is 12.4 Å². The zero-order valence-electron chi connectivity index (χ0n) is 22.2. The lowest BCUT2D eigenvalue weighted by atomic mass is 9.79. The van der Waals surface area contributed by atoms with Crippen LogP contribution in [0.2, 0.25) is 0 Å². The van der Waals surface area contributed by atoms with E-state index in [0.717, 1.165) is 62.6 Å². The van der Waals surface area contributed by atoms with Gasteiger partial charge in [-0.3, -0.25) is 14.9 Å². The number of carbonyl (C=O) groups is 2. The number of carboxylic acid groups (broad SMARTS) is 2. The number of hydrogen-bond donors (Lipinski definition) is 2. The Labute approximate surface area is 231 Å². The Morgan fingerprint density at radius 3 is 2.17 bits per heavy atom. The standard InChI is InChI=1S/C21H28N4O2.2C2HF3O2/c1-16-4-3-5-19(23-16)13-25-14-21(15-25)10-18(7-9-27-21)6-8-26-20-12-22-11-17(2)24-20;2*3-2(4,5)1(6)7/h3-5,11-12,18H,6-10,13-15H2,1-2H3;2*(H,6,7). The molecule has 4 heterocycles. The molecule has 0 saturated carbocycles. The lowest BCUT2D eigenvalue weighted by molar-refractivity contribution is -0.193. The largest absolute Gasteiger partial charge is 0.490 e. The minimum Gasteiger partial charge on any atom is -0.477 e. The summed E-state index contributed by atoms with van der Waals surface area (Å²) in [4.78, 5) is 33.3. The van der Waals surface area contributed by atoms with Crippen molar-refractivity contribution < 1.29 is 55.6 Å². The first-order valence-corrected chi connectivity index (χ1v) is 12.3. The first-order valence-electron chi connectivity index (χ1n) is 12.3. The molecule has 2 N–H and O–H groups in total. The van der Waals surface area contributed by atoms with Crippen LogP contribution in [-0.4, -0.2) is 86.3 Å². The summed E-state index contributed by atoms with van der Waals surface area (Å²) in [5.74, 6) is -4.24. The van der Waals surface area contributed by atoms with Crippen molar-refractivity contribution in [2.75, 3.05) is 26.3 Å². The second-order valence-electron chi connectivity index (χ2n) is 9.55. The van der Waals surface area contributed by atoms with Crippen molar-refractivity contribution in [3.05, 3.63) is 47.7 Å². The van der Waals surface area contributed by atoms with Gasteiger partial charge in [0.25, 0.3) is 0 Å². The molecule has 1 unspecified atom stereocenters. The highest BCUT2D eigenvalue weighted by Crippen LogP contribution is 2.38. The Morgan fingerprint density at radius 1 is 1.02 bits per heavy atom. The van der Waals surface area contributed by atoms with Crippen LogP contribution in [0.4, 0.5) is 26.3 Å². The average molecular weight is 597 g/mol. The maximum absolute atomic E-state index is 10.6. The molecule has 2 aromatic heterocycles. The second-order valence-corrected chi connectivity index (χ2v) is 9.55. The molecule has 0 aliphatic carbocycles. The normalized spacial score (nSPS) is 18.2. The molecule has 0 aromatic carbocycles.